The number of halogens is 1. The second-order valence-corrected chi connectivity index (χ2v) is 5.52. The van der Waals surface area contributed by atoms with E-state index < -0.39 is 11.2 Å². The average molecular weight is 335 g/mol. The van der Waals surface area contributed by atoms with Gasteiger partial charge >= 0.3 is 5.69 Å². The minimum atomic E-state index is -0.412. The molecule has 8 heteroatoms. The van der Waals surface area contributed by atoms with Crippen LogP contribution in [0.5, 0.6) is 0 Å². The van der Waals surface area contributed by atoms with Crippen molar-refractivity contribution in [1.82, 2.24) is 19.1 Å². The van der Waals surface area contributed by atoms with Crippen molar-refractivity contribution in [1.29, 1.82) is 0 Å². The molecule has 23 heavy (non-hydrogen) atoms. The van der Waals surface area contributed by atoms with Crippen LogP contribution in [0, 0.1) is 0 Å². The number of hydrogen-bond donors (Lipinski definition) is 1. The van der Waals surface area contributed by atoms with Crippen molar-refractivity contribution in [2.45, 2.75) is 13.2 Å². The molecule has 0 fully saturated rings. The number of rotatable bonds is 5. The van der Waals surface area contributed by atoms with Gasteiger partial charge < -0.3 is 9.72 Å². The first-order valence-electron chi connectivity index (χ1n) is 7.03. The van der Waals surface area contributed by atoms with Gasteiger partial charge in [0.25, 0.3) is 5.56 Å². The van der Waals surface area contributed by atoms with E-state index in [-0.39, 0.29) is 13.2 Å². The maximum atomic E-state index is 12.3. The molecule has 0 spiro atoms. The molecule has 0 atom stereocenters. The summed E-state index contributed by atoms with van der Waals surface area (Å²) in [6, 6.07) is 7.30. The Bertz CT molecular complexity index is 940. The van der Waals surface area contributed by atoms with E-state index in [0.29, 0.717) is 22.8 Å². The molecule has 0 radical (unpaired) electrons. The van der Waals surface area contributed by atoms with E-state index in [1.807, 2.05) is 12.1 Å². The predicted molar refractivity (Wildman–Crippen MR) is 86.7 cm³/mol. The van der Waals surface area contributed by atoms with E-state index in [1.165, 1.54) is 10.9 Å². The number of benzene rings is 1. The Balaban J connectivity index is 1.71. The maximum absolute atomic E-state index is 12.3. The number of aromatic nitrogens is 4. The number of nitrogens with one attached hydrogen (secondary N) is 1. The first-order valence-corrected chi connectivity index (χ1v) is 7.41. The van der Waals surface area contributed by atoms with Gasteiger partial charge in [0, 0.05) is 12.1 Å². The Morgan fingerprint density at radius 1 is 1.26 bits per heavy atom. The summed E-state index contributed by atoms with van der Waals surface area (Å²) in [6.45, 7) is 0.810. The van der Waals surface area contributed by atoms with E-state index in [0.717, 1.165) is 10.1 Å². The Morgan fingerprint density at radius 2 is 2.00 bits per heavy atom. The third-order valence-electron chi connectivity index (χ3n) is 3.56. The van der Waals surface area contributed by atoms with Crippen molar-refractivity contribution >= 4 is 22.8 Å². The molecule has 0 aliphatic rings. The summed E-state index contributed by atoms with van der Waals surface area (Å²) in [5.74, 6) is 0. The van der Waals surface area contributed by atoms with Crippen LogP contribution in [-0.4, -0.2) is 25.7 Å². The van der Waals surface area contributed by atoms with E-state index in [2.05, 4.69) is 9.97 Å². The van der Waals surface area contributed by atoms with E-state index in [9.17, 15) is 9.59 Å². The number of hydrogen-bond acceptors (Lipinski definition) is 4. The number of ether oxygens (including phenoxy) is 1. The fraction of sp³-hybridized carbons (Fsp3) is 0.267. The number of fused-ring (bicyclic) bond motifs is 1. The molecule has 2 aromatic heterocycles. The van der Waals surface area contributed by atoms with Crippen molar-refractivity contribution in [2.75, 3.05) is 6.61 Å². The molecule has 0 unspecified atom stereocenters. The van der Waals surface area contributed by atoms with Gasteiger partial charge in [-0.25, -0.2) is 9.78 Å². The molecule has 0 saturated heterocycles. The third kappa shape index (κ3) is 3.06. The maximum Gasteiger partial charge on any atom is 0.332 e. The lowest BCUT2D eigenvalue weighted by Gasteiger charge is -2.08. The van der Waals surface area contributed by atoms with Gasteiger partial charge in [-0.1, -0.05) is 23.7 Å². The summed E-state index contributed by atoms with van der Waals surface area (Å²) in [4.78, 5) is 31.2. The van der Waals surface area contributed by atoms with Gasteiger partial charge in [-0.2, -0.15) is 0 Å². The molecule has 0 bridgehead atoms. The zero-order chi connectivity index (χ0) is 16.4. The largest absolute Gasteiger partial charge is 0.375 e. The van der Waals surface area contributed by atoms with Crippen molar-refractivity contribution < 1.29 is 4.74 Å². The van der Waals surface area contributed by atoms with Crippen molar-refractivity contribution in [3.05, 3.63) is 62.0 Å². The van der Waals surface area contributed by atoms with Crippen LogP contribution in [0.15, 0.2) is 40.2 Å². The SMILES string of the molecule is Cn1c(=O)n(CCOCc2ccc(Cl)cc2)c(=O)c2[nH]cnc21. The van der Waals surface area contributed by atoms with Gasteiger partial charge in [0.15, 0.2) is 5.65 Å². The highest BCUT2D eigenvalue weighted by molar-refractivity contribution is 6.30. The first kappa shape index (κ1) is 15.5. The van der Waals surface area contributed by atoms with Crippen LogP contribution in [0.2, 0.25) is 5.02 Å². The number of aromatic amines is 1. The van der Waals surface area contributed by atoms with Crippen LogP contribution in [-0.2, 0) is 24.9 Å². The van der Waals surface area contributed by atoms with Gasteiger partial charge in [0.1, 0.15) is 5.52 Å². The molecule has 1 N–H and O–H groups in total. The molecule has 1 aromatic carbocycles. The summed E-state index contributed by atoms with van der Waals surface area (Å²) in [6.07, 6.45) is 1.40. The fourth-order valence-corrected chi connectivity index (χ4v) is 2.44. The highest BCUT2D eigenvalue weighted by Crippen LogP contribution is 2.10. The molecule has 7 nitrogen and oxygen atoms in total. The predicted octanol–water partition coefficient (Wildman–Crippen LogP) is 1.29. The van der Waals surface area contributed by atoms with Gasteiger partial charge in [-0.05, 0) is 17.7 Å². The topological polar surface area (TPSA) is 81.9 Å². The van der Waals surface area contributed by atoms with Gasteiger partial charge in [-0.3, -0.25) is 13.9 Å². The van der Waals surface area contributed by atoms with Crippen LogP contribution in [0.3, 0.4) is 0 Å². The first-order chi connectivity index (χ1) is 11.1. The molecule has 0 aliphatic carbocycles. The Labute approximate surface area is 136 Å². The molecular weight excluding hydrogens is 320 g/mol. The van der Waals surface area contributed by atoms with Gasteiger partial charge in [-0.15, -0.1) is 0 Å². The fourth-order valence-electron chi connectivity index (χ4n) is 2.32. The van der Waals surface area contributed by atoms with Crippen LogP contribution < -0.4 is 11.2 Å². The molecular formula is C15H15ClN4O3. The van der Waals surface area contributed by atoms with Crippen molar-refractivity contribution in [3.63, 3.8) is 0 Å². The van der Waals surface area contributed by atoms with Crippen LogP contribution in [0.25, 0.3) is 11.2 Å². The Hall–Kier alpha value is -2.38. The molecule has 3 rings (SSSR count). The van der Waals surface area contributed by atoms with Gasteiger partial charge in [0.05, 0.1) is 26.1 Å². The van der Waals surface area contributed by atoms with Crippen LogP contribution in [0.1, 0.15) is 5.56 Å². The number of aryl methyl sites for hydroxylation is 1. The third-order valence-corrected chi connectivity index (χ3v) is 3.81. The lowest BCUT2D eigenvalue weighted by atomic mass is 10.2. The van der Waals surface area contributed by atoms with Crippen molar-refractivity contribution in [3.8, 4) is 0 Å². The quantitative estimate of drug-likeness (QED) is 0.713. The lowest BCUT2D eigenvalue weighted by Crippen LogP contribution is -2.40. The normalized spacial score (nSPS) is 11.2. The number of nitrogens with zero attached hydrogens (tertiary/aromatic N) is 3. The molecule has 0 amide bonds. The van der Waals surface area contributed by atoms with Crippen LogP contribution in [0.4, 0.5) is 0 Å². The summed E-state index contributed by atoms with van der Waals surface area (Å²) in [5, 5.41) is 0.664. The second-order valence-electron chi connectivity index (χ2n) is 5.08. The number of imidazole rings is 1. The van der Waals surface area contributed by atoms with E-state index in [4.69, 9.17) is 16.3 Å². The summed E-state index contributed by atoms with van der Waals surface area (Å²) < 4.78 is 8.01. The average Bonchev–Trinajstić information content (AvgIpc) is 3.04. The van der Waals surface area contributed by atoms with Gasteiger partial charge in [0.2, 0.25) is 0 Å². The highest BCUT2D eigenvalue weighted by atomic mass is 35.5. The number of H-pyrrole nitrogens is 1. The Morgan fingerprint density at radius 3 is 2.74 bits per heavy atom. The molecule has 3 aromatic rings. The second kappa shape index (κ2) is 6.39. The summed E-state index contributed by atoms with van der Waals surface area (Å²) >= 11 is 5.82. The lowest BCUT2D eigenvalue weighted by molar-refractivity contribution is 0.111. The molecule has 120 valence electrons. The standard InChI is InChI=1S/C15H15ClN4O3/c1-19-13-12(17-9-18-13)14(21)20(15(19)22)6-7-23-8-10-2-4-11(16)5-3-10/h2-5,9H,6-8H2,1H3,(H,17,18). The van der Waals surface area contributed by atoms with E-state index >= 15 is 0 Å². The van der Waals surface area contributed by atoms with Crippen molar-refractivity contribution in [2.24, 2.45) is 7.05 Å². The molecule has 0 saturated carbocycles. The smallest absolute Gasteiger partial charge is 0.332 e. The highest BCUT2D eigenvalue weighted by Gasteiger charge is 2.12. The summed E-state index contributed by atoms with van der Waals surface area (Å²) in [7, 11) is 1.58. The van der Waals surface area contributed by atoms with Crippen LogP contribution >= 0.6 is 11.6 Å². The molecule has 0 aliphatic heterocycles. The minimum Gasteiger partial charge on any atom is -0.375 e. The monoisotopic (exact) mass is 334 g/mol. The van der Waals surface area contributed by atoms with E-state index in [1.54, 1.807) is 19.2 Å². The summed E-state index contributed by atoms with van der Waals surface area (Å²) in [5.41, 5.74) is 0.821. The Kier molecular flexibility index (Phi) is 4.31. The molecule has 2 heterocycles. The zero-order valence-corrected chi connectivity index (χ0v) is 13.2. The zero-order valence-electron chi connectivity index (χ0n) is 12.5. The minimum absolute atomic E-state index is 0.175.